The van der Waals surface area contributed by atoms with Crippen LogP contribution in [0.15, 0.2) is 54.9 Å². The maximum Gasteiger partial charge on any atom is 0.416 e. The average molecular weight is 498 g/mol. The van der Waals surface area contributed by atoms with Gasteiger partial charge in [0, 0.05) is 36.6 Å². The summed E-state index contributed by atoms with van der Waals surface area (Å²) < 4.78 is 44.9. The van der Waals surface area contributed by atoms with E-state index in [-0.39, 0.29) is 5.69 Å². The summed E-state index contributed by atoms with van der Waals surface area (Å²) in [5.41, 5.74) is 1.72. The van der Waals surface area contributed by atoms with Crippen molar-refractivity contribution >= 4 is 17.4 Å². The number of aromatic nitrogens is 2. The number of hydrogen-bond donors (Lipinski definition) is 2. The third kappa shape index (κ3) is 5.59. The standard InChI is InChI=1S/C26H26F3N5O2/c27-26(28,29)18-4-3-7-20(13-18)33-25(35)34-11-10-17-12-22(8-9-23(17)34)36-24-14-21(31-16-32-24)15-30-19-5-1-2-6-19/h3-4,7-9,12-14,16,19,30H,1-2,5-6,10-11,15H2,(H,33,35). The molecule has 1 fully saturated rings. The number of carbonyl (C=O) groups is 1. The smallest absolute Gasteiger partial charge is 0.416 e. The van der Waals surface area contributed by atoms with Gasteiger partial charge in [-0.25, -0.2) is 14.8 Å². The molecule has 0 unspecified atom stereocenters. The van der Waals surface area contributed by atoms with Crippen LogP contribution in [0.1, 0.15) is 42.5 Å². The summed E-state index contributed by atoms with van der Waals surface area (Å²) in [6.45, 7) is 1.07. The first-order valence-corrected chi connectivity index (χ1v) is 12.0. The maximum absolute atomic E-state index is 13.0. The Morgan fingerprint density at radius 2 is 1.92 bits per heavy atom. The average Bonchev–Trinajstić information content (AvgIpc) is 3.52. The molecule has 0 saturated heterocycles. The third-order valence-electron chi connectivity index (χ3n) is 6.48. The second kappa shape index (κ2) is 10.1. The Balaban J connectivity index is 1.23. The number of ether oxygens (including phenoxy) is 1. The minimum atomic E-state index is -4.48. The number of alkyl halides is 3. The Hall–Kier alpha value is -3.66. The van der Waals surface area contributed by atoms with Gasteiger partial charge in [0.1, 0.15) is 12.1 Å². The highest BCUT2D eigenvalue weighted by Gasteiger charge is 2.31. The molecule has 3 aromatic rings. The molecule has 0 atom stereocenters. The molecule has 1 aromatic heterocycles. The topological polar surface area (TPSA) is 79.4 Å². The number of fused-ring (bicyclic) bond motifs is 1. The SMILES string of the molecule is O=C(Nc1cccc(C(F)(F)F)c1)N1CCc2cc(Oc3cc(CNC4CCCC4)ncn3)ccc21. The fourth-order valence-corrected chi connectivity index (χ4v) is 4.65. The highest BCUT2D eigenvalue weighted by atomic mass is 19.4. The molecule has 0 radical (unpaired) electrons. The number of carbonyl (C=O) groups excluding carboxylic acids is 1. The summed E-state index contributed by atoms with van der Waals surface area (Å²) in [6.07, 6.45) is 2.51. The number of hydrogen-bond acceptors (Lipinski definition) is 5. The molecule has 2 aliphatic rings. The van der Waals surface area contributed by atoms with Gasteiger partial charge in [0.05, 0.1) is 11.3 Å². The molecule has 2 heterocycles. The summed E-state index contributed by atoms with van der Waals surface area (Å²) in [5, 5.41) is 6.08. The first kappa shape index (κ1) is 24.1. The normalized spacial score (nSPS) is 15.7. The lowest BCUT2D eigenvalue weighted by Gasteiger charge is -2.19. The number of halogens is 3. The zero-order valence-corrected chi connectivity index (χ0v) is 19.5. The second-order valence-corrected chi connectivity index (χ2v) is 9.01. The van der Waals surface area contributed by atoms with E-state index in [0.717, 1.165) is 23.4 Å². The minimum absolute atomic E-state index is 0.0882. The Morgan fingerprint density at radius 1 is 1.08 bits per heavy atom. The van der Waals surface area contributed by atoms with Crippen LogP contribution in [0.5, 0.6) is 11.6 Å². The van der Waals surface area contributed by atoms with Crippen molar-refractivity contribution in [3.63, 3.8) is 0 Å². The Morgan fingerprint density at radius 3 is 2.72 bits per heavy atom. The van der Waals surface area contributed by atoms with Gasteiger partial charge in [0.25, 0.3) is 0 Å². The van der Waals surface area contributed by atoms with E-state index in [2.05, 4.69) is 20.6 Å². The van der Waals surface area contributed by atoms with Crippen LogP contribution in [-0.4, -0.2) is 28.6 Å². The van der Waals surface area contributed by atoms with Crippen LogP contribution in [-0.2, 0) is 19.1 Å². The zero-order valence-electron chi connectivity index (χ0n) is 19.5. The molecule has 0 spiro atoms. The highest BCUT2D eigenvalue weighted by molar-refractivity contribution is 6.03. The van der Waals surface area contributed by atoms with E-state index >= 15 is 0 Å². The van der Waals surface area contributed by atoms with Gasteiger partial charge in [-0.05, 0) is 61.2 Å². The van der Waals surface area contributed by atoms with Crippen molar-refractivity contribution in [2.45, 2.75) is 50.9 Å². The Labute approximate surface area is 206 Å². The van der Waals surface area contributed by atoms with Gasteiger partial charge in [-0.2, -0.15) is 13.2 Å². The molecule has 10 heteroatoms. The van der Waals surface area contributed by atoms with Gasteiger partial charge < -0.3 is 15.4 Å². The number of urea groups is 1. The van der Waals surface area contributed by atoms with Crippen molar-refractivity contribution in [3.05, 3.63) is 71.7 Å². The van der Waals surface area contributed by atoms with E-state index in [4.69, 9.17) is 4.74 Å². The van der Waals surface area contributed by atoms with Gasteiger partial charge in [-0.15, -0.1) is 0 Å². The summed E-state index contributed by atoms with van der Waals surface area (Å²) in [4.78, 5) is 22.8. The van der Waals surface area contributed by atoms with Gasteiger partial charge in [-0.3, -0.25) is 4.90 Å². The van der Waals surface area contributed by atoms with Crippen LogP contribution in [0, 0.1) is 0 Å². The van der Waals surface area contributed by atoms with Crippen LogP contribution in [0.4, 0.5) is 29.3 Å². The molecule has 1 saturated carbocycles. The quantitative estimate of drug-likeness (QED) is 0.442. The lowest BCUT2D eigenvalue weighted by atomic mass is 10.1. The maximum atomic E-state index is 13.0. The van der Waals surface area contributed by atoms with E-state index in [1.54, 1.807) is 12.1 Å². The van der Waals surface area contributed by atoms with Crippen molar-refractivity contribution in [2.75, 3.05) is 16.8 Å². The van der Waals surface area contributed by atoms with E-state index < -0.39 is 17.8 Å². The fraction of sp³-hybridized carbons (Fsp3) is 0.346. The Kier molecular flexibility index (Phi) is 6.77. The number of rotatable bonds is 6. The van der Waals surface area contributed by atoms with Crippen molar-refractivity contribution in [1.29, 1.82) is 0 Å². The van der Waals surface area contributed by atoms with E-state index in [1.807, 2.05) is 12.1 Å². The van der Waals surface area contributed by atoms with Crippen molar-refractivity contribution in [2.24, 2.45) is 0 Å². The molecule has 0 bridgehead atoms. The molecule has 2 amide bonds. The summed E-state index contributed by atoms with van der Waals surface area (Å²) in [5.74, 6) is 1.02. The number of nitrogens with zero attached hydrogens (tertiary/aromatic N) is 3. The van der Waals surface area contributed by atoms with E-state index in [1.165, 1.54) is 49.0 Å². The molecule has 1 aliphatic carbocycles. The summed E-state index contributed by atoms with van der Waals surface area (Å²) >= 11 is 0. The van der Waals surface area contributed by atoms with E-state index in [0.29, 0.717) is 42.9 Å². The van der Waals surface area contributed by atoms with Crippen molar-refractivity contribution < 1.29 is 22.7 Å². The molecule has 7 nitrogen and oxygen atoms in total. The molecule has 2 aromatic carbocycles. The number of amides is 2. The van der Waals surface area contributed by atoms with Gasteiger partial charge >= 0.3 is 12.2 Å². The summed E-state index contributed by atoms with van der Waals surface area (Å²) in [7, 11) is 0. The molecule has 2 N–H and O–H groups in total. The zero-order chi connectivity index (χ0) is 25.1. The molecular weight excluding hydrogens is 471 g/mol. The molecule has 36 heavy (non-hydrogen) atoms. The predicted octanol–water partition coefficient (Wildman–Crippen LogP) is 5.91. The summed E-state index contributed by atoms with van der Waals surface area (Å²) in [6, 6.07) is 11.8. The minimum Gasteiger partial charge on any atom is -0.439 e. The lowest BCUT2D eigenvalue weighted by molar-refractivity contribution is -0.137. The Bertz CT molecular complexity index is 1240. The molecule has 5 rings (SSSR count). The molecular formula is C26H26F3N5O2. The van der Waals surface area contributed by atoms with Crippen LogP contribution >= 0.6 is 0 Å². The third-order valence-corrected chi connectivity index (χ3v) is 6.48. The number of benzene rings is 2. The highest BCUT2D eigenvalue weighted by Crippen LogP contribution is 2.34. The first-order chi connectivity index (χ1) is 17.3. The molecule has 188 valence electrons. The van der Waals surface area contributed by atoms with Crippen molar-refractivity contribution in [3.8, 4) is 11.6 Å². The lowest BCUT2D eigenvalue weighted by Crippen LogP contribution is -2.33. The number of anilines is 2. The van der Waals surface area contributed by atoms with Gasteiger partial charge in [-0.1, -0.05) is 18.9 Å². The molecule has 1 aliphatic heterocycles. The number of nitrogens with one attached hydrogen (secondary N) is 2. The first-order valence-electron chi connectivity index (χ1n) is 12.0. The fourth-order valence-electron chi connectivity index (χ4n) is 4.65. The van der Waals surface area contributed by atoms with Gasteiger partial charge in [0.15, 0.2) is 0 Å². The van der Waals surface area contributed by atoms with Crippen LogP contribution < -0.4 is 20.3 Å². The van der Waals surface area contributed by atoms with Crippen LogP contribution in [0.2, 0.25) is 0 Å². The second-order valence-electron chi connectivity index (χ2n) is 9.01. The van der Waals surface area contributed by atoms with Gasteiger partial charge in [0.2, 0.25) is 5.88 Å². The predicted molar refractivity (Wildman–Crippen MR) is 129 cm³/mol. The van der Waals surface area contributed by atoms with Crippen molar-refractivity contribution in [1.82, 2.24) is 15.3 Å². The monoisotopic (exact) mass is 497 g/mol. The van der Waals surface area contributed by atoms with Crippen LogP contribution in [0.3, 0.4) is 0 Å². The van der Waals surface area contributed by atoms with Crippen LogP contribution in [0.25, 0.3) is 0 Å². The largest absolute Gasteiger partial charge is 0.439 e. The van der Waals surface area contributed by atoms with E-state index in [9.17, 15) is 18.0 Å².